The van der Waals surface area contributed by atoms with Crippen molar-refractivity contribution in [2.45, 2.75) is 0 Å². The monoisotopic (exact) mass is 418 g/mol. The topological polar surface area (TPSA) is 123 Å². The smallest absolute Gasteiger partial charge is 0.271 e. The fourth-order valence-electron chi connectivity index (χ4n) is 2.62. The number of nitrogens with one attached hydrogen (secondary N) is 2. The fraction of sp³-hybridized carbons (Fsp3) is 0.0455. The van der Waals surface area contributed by atoms with Gasteiger partial charge in [0.25, 0.3) is 17.5 Å². The van der Waals surface area contributed by atoms with Gasteiger partial charge in [-0.05, 0) is 48.0 Å². The molecule has 0 atom stereocenters. The van der Waals surface area contributed by atoms with Crippen LogP contribution < -0.4 is 15.5 Å². The Morgan fingerprint density at radius 2 is 1.71 bits per heavy atom. The van der Waals surface area contributed by atoms with E-state index in [-0.39, 0.29) is 11.3 Å². The van der Waals surface area contributed by atoms with Gasteiger partial charge in [0.1, 0.15) is 5.75 Å². The van der Waals surface area contributed by atoms with Crippen LogP contribution in [0.1, 0.15) is 26.3 Å². The van der Waals surface area contributed by atoms with E-state index in [1.807, 2.05) is 12.1 Å². The molecular formula is C22H18N4O5. The van der Waals surface area contributed by atoms with Gasteiger partial charge >= 0.3 is 0 Å². The van der Waals surface area contributed by atoms with Crippen LogP contribution in [-0.2, 0) is 0 Å². The minimum absolute atomic E-state index is 0.155. The second kappa shape index (κ2) is 9.79. The van der Waals surface area contributed by atoms with E-state index in [4.69, 9.17) is 4.74 Å². The number of carbonyl (C=O) groups is 2. The van der Waals surface area contributed by atoms with Crippen molar-refractivity contribution < 1.29 is 19.2 Å². The number of rotatable bonds is 7. The lowest BCUT2D eigenvalue weighted by molar-refractivity contribution is -0.384. The normalized spacial score (nSPS) is 10.5. The number of hydrogen-bond acceptors (Lipinski definition) is 6. The number of ether oxygens (including phenoxy) is 1. The molecule has 0 heterocycles. The fourth-order valence-corrected chi connectivity index (χ4v) is 2.62. The van der Waals surface area contributed by atoms with Crippen LogP contribution in [0.4, 0.5) is 11.4 Å². The number of anilines is 1. The minimum Gasteiger partial charge on any atom is -0.497 e. The van der Waals surface area contributed by atoms with Crippen molar-refractivity contribution in [1.82, 2.24) is 5.43 Å². The number of nitro benzene ring substituents is 1. The Morgan fingerprint density at radius 3 is 2.42 bits per heavy atom. The number of nitrogens with zero attached hydrogens (tertiary/aromatic N) is 2. The maximum Gasteiger partial charge on any atom is 0.271 e. The largest absolute Gasteiger partial charge is 0.497 e. The minimum atomic E-state index is -0.568. The van der Waals surface area contributed by atoms with E-state index >= 15 is 0 Å². The van der Waals surface area contributed by atoms with Crippen molar-refractivity contribution in [3.8, 4) is 5.75 Å². The maximum absolute atomic E-state index is 12.3. The highest BCUT2D eigenvalue weighted by Gasteiger charge is 2.12. The van der Waals surface area contributed by atoms with Crippen molar-refractivity contribution in [2.24, 2.45) is 5.10 Å². The standard InChI is InChI=1S/C22H18N4O5/c1-31-20-7-2-4-15(12-20)14-23-25-22(28)16-8-10-18(11-9-16)24-21(27)17-5-3-6-19(13-17)26(29)30/h2-14H,1H3,(H,24,27)(H,25,28)/b23-14-. The van der Waals surface area contributed by atoms with E-state index in [2.05, 4.69) is 15.8 Å². The van der Waals surface area contributed by atoms with E-state index < -0.39 is 16.7 Å². The van der Waals surface area contributed by atoms with Gasteiger partial charge in [0.2, 0.25) is 0 Å². The molecular weight excluding hydrogens is 400 g/mol. The molecule has 3 aromatic rings. The molecule has 0 aromatic heterocycles. The lowest BCUT2D eigenvalue weighted by atomic mass is 10.1. The van der Waals surface area contributed by atoms with Crippen LogP contribution in [-0.4, -0.2) is 30.1 Å². The number of hydrazone groups is 1. The Labute approximate surface area is 177 Å². The molecule has 9 heteroatoms. The molecule has 0 saturated heterocycles. The third-order valence-electron chi connectivity index (χ3n) is 4.20. The lowest BCUT2D eigenvalue weighted by Gasteiger charge is -2.06. The molecule has 0 unspecified atom stereocenters. The zero-order valence-corrected chi connectivity index (χ0v) is 16.4. The van der Waals surface area contributed by atoms with Crippen LogP contribution in [0, 0.1) is 10.1 Å². The molecule has 0 spiro atoms. The molecule has 2 amide bonds. The summed E-state index contributed by atoms with van der Waals surface area (Å²) in [7, 11) is 1.56. The van der Waals surface area contributed by atoms with Crippen molar-refractivity contribution in [3.63, 3.8) is 0 Å². The SMILES string of the molecule is COc1cccc(/C=N\NC(=O)c2ccc(NC(=O)c3cccc([N+](=O)[O-])c3)cc2)c1. The number of benzene rings is 3. The van der Waals surface area contributed by atoms with Crippen LogP contribution in [0.25, 0.3) is 0 Å². The highest BCUT2D eigenvalue weighted by atomic mass is 16.6. The zero-order valence-electron chi connectivity index (χ0n) is 16.4. The van der Waals surface area contributed by atoms with E-state index in [1.54, 1.807) is 31.4 Å². The third kappa shape index (κ3) is 5.73. The molecule has 3 aromatic carbocycles. The summed E-state index contributed by atoms with van der Waals surface area (Å²) in [5.41, 5.74) is 3.95. The number of amides is 2. The second-order valence-electron chi connectivity index (χ2n) is 6.31. The summed E-state index contributed by atoms with van der Waals surface area (Å²) in [5.74, 6) is -0.238. The predicted octanol–water partition coefficient (Wildman–Crippen LogP) is 3.62. The quantitative estimate of drug-likeness (QED) is 0.345. The van der Waals surface area contributed by atoms with E-state index in [0.29, 0.717) is 17.0 Å². The van der Waals surface area contributed by atoms with Gasteiger partial charge < -0.3 is 10.1 Å². The van der Waals surface area contributed by atoms with Gasteiger partial charge in [0.15, 0.2) is 0 Å². The average Bonchev–Trinajstić information content (AvgIpc) is 2.79. The van der Waals surface area contributed by atoms with Gasteiger partial charge in [0.05, 0.1) is 18.2 Å². The first-order chi connectivity index (χ1) is 15.0. The molecule has 3 rings (SSSR count). The Hall–Kier alpha value is -4.53. The maximum atomic E-state index is 12.3. The summed E-state index contributed by atoms with van der Waals surface area (Å²) in [6.45, 7) is 0. The molecule has 0 aliphatic rings. The van der Waals surface area contributed by atoms with Gasteiger partial charge in [-0.1, -0.05) is 18.2 Å². The van der Waals surface area contributed by atoms with E-state index in [9.17, 15) is 19.7 Å². The number of carbonyl (C=O) groups excluding carboxylic acids is 2. The number of nitro groups is 1. The Kier molecular flexibility index (Phi) is 6.69. The summed E-state index contributed by atoms with van der Waals surface area (Å²) in [6, 6.07) is 18.8. The second-order valence-corrected chi connectivity index (χ2v) is 6.31. The van der Waals surface area contributed by atoms with E-state index in [1.165, 1.54) is 42.6 Å². The van der Waals surface area contributed by atoms with Crippen molar-refractivity contribution in [1.29, 1.82) is 0 Å². The zero-order chi connectivity index (χ0) is 22.2. The van der Waals surface area contributed by atoms with Gasteiger partial charge in [-0.15, -0.1) is 0 Å². The van der Waals surface area contributed by atoms with Crippen molar-refractivity contribution >= 4 is 29.4 Å². The van der Waals surface area contributed by atoms with Gasteiger partial charge in [-0.2, -0.15) is 5.10 Å². The summed E-state index contributed by atoms with van der Waals surface area (Å²) in [5, 5.41) is 17.4. The highest BCUT2D eigenvalue weighted by molar-refractivity contribution is 6.05. The molecule has 31 heavy (non-hydrogen) atoms. The van der Waals surface area contributed by atoms with Crippen LogP contribution >= 0.6 is 0 Å². The molecule has 0 aliphatic heterocycles. The molecule has 0 saturated carbocycles. The van der Waals surface area contributed by atoms with E-state index in [0.717, 1.165) is 5.56 Å². The first-order valence-corrected chi connectivity index (χ1v) is 9.09. The van der Waals surface area contributed by atoms with Crippen molar-refractivity contribution in [3.05, 3.63) is 99.6 Å². The summed E-state index contributed by atoms with van der Waals surface area (Å²) >= 11 is 0. The molecule has 0 fully saturated rings. The molecule has 2 N–H and O–H groups in total. The van der Waals surface area contributed by atoms with Crippen LogP contribution in [0.2, 0.25) is 0 Å². The first-order valence-electron chi connectivity index (χ1n) is 9.09. The Bertz CT molecular complexity index is 1140. The first kappa shape index (κ1) is 21.2. The van der Waals surface area contributed by atoms with Gasteiger partial charge in [-0.25, -0.2) is 5.43 Å². The van der Waals surface area contributed by atoms with Gasteiger partial charge in [0, 0.05) is 28.9 Å². The lowest BCUT2D eigenvalue weighted by Crippen LogP contribution is -2.18. The molecule has 0 bridgehead atoms. The summed E-state index contributed by atoms with van der Waals surface area (Å²) in [6.07, 6.45) is 1.49. The number of methoxy groups -OCH3 is 1. The number of non-ortho nitro benzene ring substituents is 1. The van der Waals surface area contributed by atoms with Crippen LogP contribution in [0.5, 0.6) is 5.75 Å². The predicted molar refractivity (Wildman–Crippen MR) is 116 cm³/mol. The average molecular weight is 418 g/mol. The summed E-state index contributed by atoms with van der Waals surface area (Å²) < 4.78 is 5.13. The van der Waals surface area contributed by atoms with Crippen LogP contribution in [0.15, 0.2) is 77.9 Å². The Morgan fingerprint density at radius 1 is 0.968 bits per heavy atom. The third-order valence-corrected chi connectivity index (χ3v) is 4.20. The molecule has 9 nitrogen and oxygen atoms in total. The Balaban J connectivity index is 1.59. The number of hydrogen-bond donors (Lipinski definition) is 2. The van der Waals surface area contributed by atoms with Crippen LogP contribution in [0.3, 0.4) is 0 Å². The highest BCUT2D eigenvalue weighted by Crippen LogP contribution is 2.16. The molecule has 0 aliphatic carbocycles. The van der Waals surface area contributed by atoms with Gasteiger partial charge in [-0.3, -0.25) is 19.7 Å². The molecule has 0 radical (unpaired) electrons. The van der Waals surface area contributed by atoms with Crippen molar-refractivity contribution in [2.75, 3.05) is 12.4 Å². The summed E-state index contributed by atoms with van der Waals surface area (Å²) in [4.78, 5) is 34.8. The molecule has 156 valence electrons.